The summed E-state index contributed by atoms with van der Waals surface area (Å²) in [5.74, 6) is 2.95. The molecular formula is C20H22N4O. The van der Waals surface area contributed by atoms with Crippen molar-refractivity contribution in [3.63, 3.8) is 0 Å². The van der Waals surface area contributed by atoms with Crippen LogP contribution in [0.5, 0.6) is 11.6 Å². The van der Waals surface area contributed by atoms with Gasteiger partial charge in [0.2, 0.25) is 5.88 Å². The minimum absolute atomic E-state index is 0.581. The van der Waals surface area contributed by atoms with E-state index in [1.165, 1.54) is 11.1 Å². The average molecular weight is 334 g/mol. The van der Waals surface area contributed by atoms with Crippen molar-refractivity contribution in [2.45, 2.75) is 34.2 Å². The second kappa shape index (κ2) is 7.30. The van der Waals surface area contributed by atoms with Gasteiger partial charge in [0.15, 0.2) is 0 Å². The van der Waals surface area contributed by atoms with E-state index in [1.807, 2.05) is 44.2 Å². The van der Waals surface area contributed by atoms with Crippen LogP contribution in [0.1, 0.15) is 28.2 Å². The number of benzene rings is 1. The SMILES string of the molecule is Cc1cc(NCc2ccnc(Oc3ccc(C)c(C)c3)c2)nc(C)n1. The molecule has 0 unspecified atom stereocenters. The zero-order valence-corrected chi connectivity index (χ0v) is 15.0. The molecule has 0 atom stereocenters. The van der Waals surface area contributed by atoms with Crippen molar-refractivity contribution in [3.8, 4) is 11.6 Å². The van der Waals surface area contributed by atoms with Crippen LogP contribution in [0.2, 0.25) is 0 Å². The molecule has 0 amide bonds. The Balaban J connectivity index is 1.69. The van der Waals surface area contributed by atoms with Gasteiger partial charge in [-0.25, -0.2) is 15.0 Å². The molecule has 5 heteroatoms. The smallest absolute Gasteiger partial charge is 0.219 e. The van der Waals surface area contributed by atoms with E-state index < -0.39 is 0 Å². The van der Waals surface area contributed by atoms with E-state index in [2.05, 4.69) is 40.2 Å². The van der Waals surface area contributed by atoms with Gasteiger partial charge in [-0.1, -0.05) is 6.07 Å². The summed E-state index contributed by atoms with van der Waals surface area (Å²) in [6.07, 6.45) is 1.75. The van der Waals surface area contributed by atoms with Crippen LogP contribution in [0.25, 0.3) is 0 Å². The maximum Gasteiger partial charge on any atom is 0.219 e. The second-order valence-electron chi connectivity index (χ2n) is 6.15. The first-order valence-corrected chi connectivity index (χ1v) is 8.26. The number of pyridine rings is 1. The zero-order valence-electron chi connectivity index (χ0n) is 15.0. The Kier molecular flexibility index (Phi) is 4.93. The lowest BCUT2D eigenvalue weighted by molar-refractivity contribution is 0.462. The summed E-state index contributed by atoms with van der Waals surface area (Å²) in [5.41, 5.74) is 4.46. The number of anilines is 1. The van der Waals surface area contributed by atoms with Crippen molar-refractivity contribution >= 4 is 5.82 Å². The third-order valence-corrected chi connectivity index (χ3v) is 3.94. The fraction of sp³-hybridized carbons (Fsp3) is 0.250. The average Bonchev–Trinajstić information content (AvgIpc) is 2.56. The lowest BCUT2D eigenvalue weighted by atomic mass is 10.1. The molecule has 2 heterocycles. The van der Waals surface area contributed by atoms with Crippen LogP contribution in [0, 0.1) is 27.7 Å². The highest BCUT2D eigenvalue weighted by Crippen LogP contribution is 2.23. The third kappa shape index (κ3) is 4.53. The number of hydrogen-bond acceptors (Lipinski definition) is 5. The largest absolute Gasteiger partial charge is 0.439 e. The molecular weight excluding hydrogens is 312 g/mol. The zero-order chi connectivity index (χ0) is 17.8. The van der Waals surface area contributed by atoms with Crippen molar-refractivity contribution in [2.75, 3.05) is 5.32 Å². The van der Waals surface area contributed by atoms with Gasteiger partial charge in [-0.3, -0.25) is 0 Å². The second-order valence-corrected chi connectivity index (χ2v) is 6.15. The fourth-order valence-corrected chi connectivity index (χ4v) is 2.51. The van der Waals surface area contributed by atoms with Crippen molar-refractivity contribution in [3.05, 3.63) is 70.8 Å². The normalized spacial score (nSPS) is 10.6. The van der Waals surface area contributed by atoms with Crippen molar-refractivity contribution in [2.24, 2.45) is 0 Å². The number of nitrogens with one attached hydrogen (secondary N) is 1. The first kappa shape index (κ1) is 16.9. The van der Waals surface area contributed by atoms with Crippen LogP contribution < -0.4 is 10.1 Å². The van der Waals surface area contributed by atoms with Gasteiger partial charge in [0, 0.05) is 30.6 Å². The standard InChI is InChI=1S/C20H22N4O/c1-13-5-6-18(9-14(13)2)25-20-11-17(7-8-21-20)12-22-19-10-15(3)23-16(4)24-19/h5-11H,12H2,1-4H3,(H,22,23,24). The van der Waals surface area contributed by atoms with Crippen molar-refractivity contribution in [1.82, 2.24) is 15.0 Å². The first-order chi connectivity index (χ1) is 12.0. The van der Waals surface area contributed by atoms with Gasteiger partial charge in [0.05, 0.1) is 0 Å². The fourth-order valence-electron chi connectivity index (χ4n) is 2.51. The van der Waals surface area contributed by atoms with Crippen LogP contribution in [0.3, 0.4) is 0 Å². The highest BCUT2D eigenvalue weighted by molar-refractivity contribution is 5.39. The molecule has 1 aromatic carbocycles. The quantitative estimate of drug-likeness (QED) is 0.744. The molecule has 0 aliphatic rings. The molecule has 0 saturated heterocycles. The Morgan fingerprint density at radius 2 is 1.76 bits per heavy atom. The minimum Gasteiger partial charge on any atom is -0.439 e. The Hall–Kier alpha value is -2.95. The van der Waals surface area contributed by atoms with E-state index in [9.17, 15) is 0 Å². The number of ether oxygens (including phenoxy) is 1. The lowest BCUT2D eigenvalue weighted by Crippen LogP contribution is -2.04. The number of nitrogens with zero attached hydrogens (tertiary/aromatic N) is 3. The molecule has 2 aromatic heterocycles. The van der Waals surface area contributed by atoms with Gasteiger partial charge in [-0.15, -0.1) is 0 Å². The number of aromatic nitrogens is 3. The molecule has 0 saturated carbocycles. The predicted molar refractivity (Wildman–Crippen MR) is 99.1 cm³/mol. The van der Waals surface area contributed by atoms with Gasteiger partial charge < -0.3 is 10.1 Å². The van der Waals surface area contributed by atoms with E-state index in [0.29, 0.717) is 12.4 Å². The summed E-state index contributed by atoms with van der Waals surface area (Å²) < 4.78 is 5.88. The topological polar surface area (TPSA) is 59.9 Å². The molecule has 1 N–H and O–H groups in total. The highest BCUT2D eigenvalue weighted by atomic mass is 16.5. The lowest BCUT2D eigenvalue weighted by Gasteiger charge is -2.10. The molecule has 0 bridgehead atoms. The van der Waals surface area contributed by atoms with E-state index in [1.54, 1.807) is 6.20 Å². The minimum atomic E-state index is 0.581. The molecule has 0 aliphatic heterocycles. The third-order valence-electron chi connectivity index (χ3n) is 3.94. The van der Waals surface area contributed by atoms with E-state index in [4.69, 9.17) is 4.74 Å². The molecule has 5 nitrogen and oxygen atoms in total. The van der Waals surface area contributed by atoms with Gasteiger partial charge in [0.25, 0.3) is 0 Å². The van der Waals surface area contributed by atoms with Crippen LogP contribution in [-0.4, -0.2) is 15.0 Å². The Labute approximate surface area is 148 Å². The summed E-state index contributed by atoms with van der Waals surface area (Å²) in [7, 11) is 0. The summed E-state index contributed by atoms with van der Waals surface area (Å²) in [6, 6.07) is 11.9. The molecule has 3 rings (SSSR count). The summed E-state index contributed by atoms with van der Waals surface area (Å²) >= 11 is 0. The van der Waals surface area contributed by atoms with Gasteiger partial charge in [0.1, 0.15) is 17.4 Å². The van der Waals surface area contributed by atoms with E-state index in [0.717, 1.165) is 28.6 Å². The molecule has 0 spiro atoms. The molecule has 0 aliphatic carbocycles. The molecule has 0 radical (unpaired) electrons. The number of aryl methyl sites for hydroxylation is 4. The molecule has 128 valence electrons. The highest BCUT2D eigenvalue weighted by Gasteiger charge is 2.04. The monoisotopic (exact) mass is 334 g/mol. The predicted octanol–water partition coefficient (Wildman–Crippen LogP) is 4.51. The van der Waals surface area contributed by atoms with Gasteiger partial charge in [-0.2, -0.15) is 0 Å². The number of hydrogen-bond donors (Lipinski definition) is 1. The summed E-state index contributed by atoms with van der Waals surface area (Å²) in [5, 5.41) is 3.32. The van der Waals surface area contributed by atoms with Gasteiger partial charge in [-0.05, 0) is 62.6 Å². The molecule has 3 aromatic rings. The summed E-state index contributed by atoms with van der Waals surface area (Å²) in [4.78, 5) is 13.0. The molecule has 25 heavy (non-hydrogen) atoms. The summed E-state index contributed by atoms with van der Waals surface area (Å²) in [6.45, 7) is 8.64. The maximum atomic E-state index is 5.88. The van der Waals surface area contributed by atoms with Crippen LogP contribution in [0.15, 0.2) is 42.6 Å². The van der Waals surface area contributed by atoms with Crippen LogP contribution >= 0.6 is 0 Å². The first-order valence-electron chi connectivity index (χ1n) is 8.26. The van der Waals surface area contributed by atoms with E-state index >= 15 is 0 Å². The van der Waals surface area contributed by atoms with Crippen molar-refractivity contribution < 1.29 is 4.74 Å². The number of rotatable bonds is 5. The Morgan fingerprint density at radius 1 is 0.920 bits per heavy atom. The molecule has 0 fully saturated rings. The van der Waals surface area contributed by atoms with Crippen molar-refractivity contribution in [1.29, 1.82) is 0 Å². The Morgan fingerprint density at radius 3 is 2.52 bits per heavy atom. The van der Waals surface area contributed by atoms with Crippen LogP contribution in [-0.2, 0) is 6.54 Å². The Bertz CT molecular complexity index is 872. The maximum absolute atomic E-state index is 5.88. The van der Waals surface area contributed by atoms with Crippen LogP contribution in [0.4, 0.5) is 5.82 Å². The van der Waals surface area contributed by atoms with Gasteiger partial charge >= 0.3 is 0 Å². The van der Waals surface area contributed by atoms with E-state index in [-0.39, 0.29) is 0 Å².